The molecule has 1 amide bonds. The zero-order valence-electron chi connectivity index (χ0n) is 18.5. The van der Waals surface area contributed by atoms with E-state index in [1.807, 2.05) is 6.92 Å². The minimum absolute atomic E-state index is 0.124. The molecule has 164 valence electrons. The van der Waals surface area contributed by atoms with Crippen LogP contribution in [0.1, 0.15) is 123 Å². The molecule has 0 fully saturated rings. The van der Waals surface area contributed by atoms with Crippen LogP contribution in [0, 0.1) is 0 Å². The molecule has 0 radical (unpaired) electrons. The molecule has 2 N–H and O–H groups in total. The number of carbonyl (C=O) groups excluding carboxylic acids is 1. The Morgan fingerprint density at radius 2 is 1.25 bits per heavy atom. The van der Waals surface area contributed by atoms with E-state index in [4.69, 9.17) is 5.11 Å². The quantitative estimate of drug-likeness (QED) is 0.176. The molecule has 28 heavy (non-hydrogen) atoms. The van der Waals surface area contributed by atoms with Crippen molar-refractivity contribution >= 4 is 11.9 Å². The van der Waals surface area contributed by atoms with Crippen molar-refractivity contribution in [1.82, 2.24) is 5.32 Å². The molecular formula is C24H45NO3. The van der Waals surface area contributed by atoms with E-state index in [-0.39, 0.29) is 5.91 Å². The second-order valence-corrected chi connectivity index (χ2v) is 7.93. The van der Waals surface area contributed by atoms with Gasteiger partial charge < -0.3 is 10.4 Å². The fourth-order valence-electron chi connectivity index (χ4n) is 3.29. The summed E-state index contributed by atoms with van der Waals surface area (Å²) in [6.45, 7) is 4.28. The highest BCUT2D eigenvalue weighted by atomic mass is 16.4. The summed E-state index contributed by atoms with van der Waals surface area (Å²) in [6, 6.07) is -0.726. The Labute approximate surface area is 173 Å². The number of allylic oxidation sites excluding steroid dienone is 2. The lowest BCUT2D eigenvalue weighted by molar-refractivity contribution is -0.142. The number of carboxylic acid groups (broad SMARTS) is 1. The summed E-state index contributed by atoms with van der Waals surface area (Å²) in [5.74, 6) is -1.05. The Morgan fingerprint density at radius 1 is 0.750 bits per heavy atom. The predicted molar refractivity (Wildman–Crippen MR) is 119 cm³/mol. The fourth-order valence-corrected chi connectivity index (χ4v) is 3.29. The second kappa shape index (κ2) is 20.4. The van der Waals surface area contributed by atoms with Gasteiger partial charge in [0.05, 0.1) is 0 Å². The molecule has 0 saturated heterocycles. The summed E-state index contributed by atoms with van der Waals surface area (Å²) in [6.07, 6.45) is 23.4. The Bertz CT molecular complexity index is 407. The van der Waals surface area contributed by atoms with Crippen LogP contribution in [0.2, 0.25) is 0 Å². The smallest absolute Gasteiger partial charge is 0.326 e. The standard InChI is InChI=1S/C24H45NO3/c1-3-5-7-8-9-10-11-12-13-14-15-16-17-18-19-21-23(26)25-22(24(27)28)20-6-4-2/h12-13,22H,3-11,14-21H2,1-2H3,(H,25,26)(H,27,28)/b13-12-. The van der Waals surface area contributed by atoms with E-state index in [0.717, 1.165) is 38.5 Å². The van der Waals surface area contributed by atoms with Crippen molar-refractivity contribution in [2.75, 3.05) is 0 Å². The number of nitrogens with one attached hydrogen (secondary N) is 1. The molecular weight excluding hydrogens is 350 g/mol. The highest BCUT2D eigenvalue weighted by molar-refractivity contribution is 5.83. The van der Waals surface area contributed by atoms with Crippen LogP contribution in [0.5, 0.6) is 0 Å². The van der Waals surface area contributed by atoms with Crippen LogP contribution >= 0.6 is 0 Å². The molecule has 0 aromatic rings. The summed E-state index contributed by atoms with van der Waals surface area (Å²) in [5, 5.41) is 11.8. The molecule has 0 rings (SSSR count). The average Bonchev–Trinajstić information content (AvgIpc) is 2.67. The third kappa shape index (κ3) is 18.1. The van der Waals surface area contributed by atoms with Crippen molar-refractivity contribution in [3.05, 3.63) is 12.2 Å². The average molecular weight is 396 g/mol. The number of unbranched alkanes of at least 4 members (excludes halogenated alkanes) is 12. The van der Waals surface area contributed by atoms with E-state index in [2.05, 4.69) is 24.4 Å². The number of hydrogen-bond acceptors (Lipinski definition) is 2. The SMILES string of the molecule is CCCCCCCC/C=C\CCCCCCCC(=O)NC(CCCC)C(=O)O. The first-order valence-electron chi connectivity index (χ1n) is 11.8. The van der Waals surface area contributed by atoms with E-state index in [0.29, 0.717) is 12.8 Å². The van der Waals surface area contributed by atoms with E-state index in [1.165, 1.54) is 57.8 Å². The molecule has 4 heteroatoms. The van der Waals surface area contributed by atoms with Crippen LogP contribution < -0.4 is 5.32 Å². The Kier molecular flexibility index (Phi) is 19.5. The fraction of sp³-hybridized carbons (Fsp3) is 0.833. The molecule has 0 aliphatic rings. The Morgan fingerprint density at radius 3 is 1.79 bits per heavy atom. The number of hydrogen-bond donors (Lipinski definition) is 2. The first kappa shape index (κ1) is 26.7. The van der Waals surface area contributed by atoms with Gasteiger partial charge in [-0.1, -0.05) is 90.2 Å². The van der Waals surface area contributed by atoms with Gasteiger partial charge in [0.2, 0.25) is 5.91 Å². The van der Waals surface area contributed by atoms with Crippen molar-refractivity contribution in [3.63, 3.8) is 0 Å². The lowest BCUT2D eigenvalue weighted by atomic mass is 10.1. The highest BCUT2D eigenvalue weighted by Crippen LogP contribution is 2.10. The van der Waals surface area contributed by atoms with Gasteiger partial charge in [-0.2, -0.15) is 0 Å². The molecule has 1 unspecified atom stereocenters. The lowest BCUT2D eigenvalue weighted by Gasteiger charge is -2.13. The minimum Gasteiger partial charge on any atom is -0.480 e. The summed E-state index contributed by atoms with van der Waals surface area (Å²) in [5.41, 5.74) is 0. The van der Waals surface area contributed by atoms with Crippen LogP contribution in [-0.2, 0) is 9.59 Å². The number of amides is 1. The normalized spacial score (nSPS) is 12.4. The molecule has 0 aliphatic heterocycles. The maximum absolute atomic E-state index is 11.9. The van der Waals surface area contributed by atoms with E-state index in [1.54, 1.807) is 0 Å². The van der Waals surface area contributed by atoms with Gasteiger partial charge in [-0.15, -0.1) is 0 Å². The number of rotatable bonds is 20. The van der Waals surface area contributed by atoms with Gasteiger partial charge >= 0.3 is 5.97 Å². The number of aliphatic carboxylic acids is 1. The molecule has 0 heterocycles. The van der Waals surface area contributed by atoms with Crippen molar-refractivity contribution in [2.45, 2.75) is 129 Å². The van der Waals surface area contributed by atoms with Gasteiger partial charge in [-0.25, -0.2) is 4.79 Å². The second-order valence-electron chi connectivity index (χ2n) is 7.93. The predicted octanol–water partition coefficient (Wildman–Crippen LogP) is 6.78. The molecule has 0 spiro atoms. The van der Waals surface area contributed by atoms with Crippen LogP contribution in [-0.4, -0.2) is 23.0 Å². The number of carbonyl (C=O) groups is 2. The molecule has 0 aromatic heterocycles. The molecule has 0 bridgehead atoms. The Hall–Kier alpha value is -1.32. The van der Waals surface area contributed by atoms with E-state index < -0.39 is 12.0 Å². The van der Waals surface area contributed by atoms with Crippen molar-refractivity contribution < 1.29 is 14.7 Å². The maximum Gasteiger partial charge on any atom is 0.326 e. The summed E-state index contributed by atoms with van der Waals surface area (Å²) in [4.78, 5) is 23.0. The molecule has 4 nitrogen and oxygen atoms in total. The van der Waals surface area contributed by atoms with Crippen LogP contribution in [0.25, 0.3) is 0 Å². The lowest BCUT2D eigenvalue weighted by Crippen LogP contribution is -2.40. The first-order chi connectivity index (χ1) is 13.6. The first-order valence-corrected chi connectivity index (χ1v) is 11.8. The zero-order valence-corrected chi connectivity index (χ0v) is 18.5. The zero-order chi connectivity index (χ0) is 20.9. The van der Waals surface area contributed by atoms with E-state index in [9.17, 15) is 9.59 Å². The van der Waals surface area contributed by atoms with Crippen LogP contribution in [0.15, 0.2) is 12.2 Å². The third-order valence-corrected chi connectivity index (χ3v) is 5.15. The molecule has 0 aromatic carbocycles. The van der Waals surface area contributed by atoms with E-state index >= 15 is 0 Å². The maximum atomic E-state index is 11.9. The van der Waals surface area contributed by atoms with Gasteiger partial charge in [-0.05, 0) is 38.5 Å². The topological polar surface area (TPSA) is 66.4 Å². The summed E-state index contributed by atoms with van der Waals surface area (Å²) < 4.78 is 0. The van der Waals surface area contributed by atoms with Gasteiger partial charge in [-0.3, -0.25) is 4.79 Å². The summed E-state index contributed by atoms with van der Waals surface area (Å²) >= 11 is 0. The third-order valence-electron chi connectivity index (χ3n) is 5.15. The van der Waals surface area contributed by atoms with Gasteiger partial charge in [0.1, 0.15) is 6.04 Å². The van der Waals surface area contributed by atoms with Gasteiger partial charge in [0.15, 0.2) is 0 Å². The molecule has 1 atom stereocenters. The van der Waals surface area contributed by atoms with Crippen molar-refractivity contribution in [2.24, 2.45) is 0 Å². The largest absolute Gasteiger partial charge is 0.480 e. The van der Waals surface area contributed by atoms with Gasteiger partial charge in [0, 0.05) is 6.42 Å². The van der Waals surface area contributed by atoms with Crippen molar-refractivity contribution in [3.8, 4) is 0 Å². The number of carboxylic acids is 1. The highest BCUT2D eigenvalue weighted by Gasteiger charge is 2.18. The van der Waals surface area contributed by atoms with Crippen molar-refractivity contribution in [1.29, 1.82) is 0 Å². The Balaban J connectivity index is 3.47. The summed E-state index contributed by atoms with van der Waals surface area (Å²) in [7, 11) is 0. The van der Waals surface area contributed by atoms with Gasteiger partial charge in [0.25, 0.3) is 0 Å². The molecule has 0 saturated carbocycles. The van der Waals surface area contributed by atoms with Crippen LogP contribution in [0.3, 0.4) is 0 Å². The monoisotopic (exact) mass is 395 g/mol. The molecule has 0 aliphatic carbocycles. The van der Waals surface area contributed by atoms with Crippen LogP contribution in [0.4, 0.5) is 0 Å². The minimum atomic E-state index is -0.925.